The minimum absolute atomic E-state index is 0.321. The van der Waals surface area contributed by atoms with Crippen LogP contribution in [-0.2, 0) is 6.54 Å². The second-order valence-electron chi connectivity index (χ2n) is 3.98. The zero-order valence-corrected chi connectivity index (χ0v) is 9.86. The van der Waals surface area contributed by atoms with E-state index in [1.807, 2.05) is 0 Å². The summed E-state index contributed by atoms with van der Waals surface area (Å²) in [5, 5.41) is 11.7. The van der Waals surface area contributed by atoms with Gasteiger partial charge in [0.1, 0.15) is 11.6 Å². The van der Waals surface area contributed by atoms with Crippen LogP contribution in [0, 0.1) is 11.6 Å². The van der Waals surface area contributed by atoms with Crippen LogP contribution in [0.15, 0.2) is 42.5 Å². The molecule has 5 heteroatoms. The summed E-state index contributed by atoms with van der Waals surface area (Å²) in [6.45, 7) is 0.394. The Kier molecular flexibility index (Phi) is 3.75. The number of benzene rings is 2. The second-order valence-corrected chi connectivity index (χ2v) is 3.98. The van der Waals surface area contributed by atoms with Crippen molar-refractivity contribution in [3.63, 3.8) is 0 Å². The molecule has 0 radical (unpaired) electrons. The molecule has 0 heterocycles. The molecule has 0 aromatic heterocycles. The highest BCUT2D eigenvalue weighted by atomic mass is 19.1. The first kappa shape index (κ1) is 13.0. The number of anilines is 1. The highest BCUT2D eigenvalue weighted by molar-refractivity contribution is 5.89. The topological polar surface area (TPSA) is 49.3 Å². The van der Waals surface area contributed by atoms with Gasteiger partial charge in [-0.05, 0) is 35.9 Å². The molecule has 0 saturated heterocycles. The number of carboxylic acid groups (broad SMARTS) is 1. The number of halogens is 2. The number of hydrogen-bond donors (Lipinski definition) is 2. The molecule has 2 aromatic carbocycles. The average molecular weight is 263 g/mol. The standard InChI is InChI=1S/C14H11F2NO2/c15-10-3-1-9(2-4-10)8-17-11-5-6-13(16)12(7-11)14(18)19/h1-7,17H,8H2,(H,18,19). The van der Waals surface area contributed by atoms with Crippen LogP contribution in [0.5, 0.6) is 0 Å². The first-order valence-electron chi connectivity index (χ1n) is 5.57. The van der Waals surface area contributed by atoms with Crippen molar-refractivity contribution < 1.29 is 18.7 Å². The third kappa shape index (κ3) is 3.28. The minimum atomic E-state index is -1.32. The molecular formula is C14H11F2NO2. The molecule has 0 aliphatic heterocycles. The van der Waals surface area contributed by atoms with Crippen LogP contribution in [-0.4, -0.2) is 11.1 Å². The van der Waals surface area contributed by atoms with Gasteiger partial charge in [-0.25, -0.2) is 13.6 Å². The normalized spacial score (nSPS) is 10.2. The molecule has 0 aliphatic carbocycles. The molecular weight excluding hydrogens is 252 g/mol. The summed E-state index contributed by atoms with van der Waals surface area (Å²) in [7, 11) is 0. The fourth-order valence-electron chi connectivity index (χ4n) is 1.61. The van der Waals surface area contributed by atoms with Gasteiger partial charge in [0.2, 0.25) is 0 Å². The van der Waals surface area contributed by atoms with Gasteiger partial charge >= 0.3 is 5.97 Å². The molecule has 98 valence electrons. The molecule has 0 atom stereocenters. The zero-order valence-electron chi connectivity index (χ0n) is 9.86. The predicted octanol–water partition coefficient (Wildman–Crippen LogP) is 3.28. The minimum Gasteiger partial charge on any atom is -0.478 e. The molecule has 0 unspecified atom stereocenters. The molecule has 19 heavy (non-hydrogen) atoms. The van der Waals surface area contributed by atoms with Crippen LogP contribution in [0.1, 0.15) is 15.9 Å². The number of nitrogens with one attached hydrogen (secondary N) is 1. The fourth-order valence-corrected chi connectivity index (χ4v) is 1.61. The van der Waals surface area contributed by atoms with E-state index in [2.05, 4.69) is 5.32 Å². The number of hydrogen-bond acceptors (Lipinski definition) is 2. The Morgan fingerprint density at radius 1 is 1.11 bits per heavy atom. The Balaban J connectivity index is 2.09. The summed E-state index contributed by atoms with van der Waals surface area (Å²) in [6, 6.07) is 9.67. The highest BCUT2D eigenvalue weighted by Gasteiger charge is 2.10. The van der Waals surface area contributed by atoms with Gasteiger partial charge in [0.05, 0.1) is 5.56 Å². The summed E-state index contributed by atoms with van der Waals surface area (Å²) in [4.78, 5) is 10.8. The lowest BCUT2D eigenvalue weighted by atomic mass is 10.1. The van der Waals surface area contributed by atoms with Gasteiger partial charge in [0.15, 0.2) is 0 Å². The maximum Gasteiger partial charge on any atom is 0.338 e. The molecule has 0 bridgehead atoms. The number of rotatable bonds is 4. The Bertz CT molecular complexity index is 597. The van der Waals surface area contributed by atoms with Crippen LogP contribution >= 0.6 is 0 Å². The van der Waals surface area contributed by atoms with Crippen molar-refractivity contribution in [1.29, 1.82) is 0 Å². The van der Waals surface area contributed by atoms with Crippen LogP contribution in [0.25, 0.3) is 0 Å². The maximum absolute atomic E-state index is 13.2. The Labute approximate surface area is 108 Å². The molecule has 2 N–H and O–H groups in total. The van der Waals surface area contributed by atoms with Gasteiger partial charge in [-0.15, -0.1) is 0 Å². The average Bonchev–Trinajstić information content (AvgIpc) is 2.39. The first-order chi connectivity index (χ1) is 9.06. The van der Waals surface area contributed by atoms with E-state index in [4.69, 9.17) is 5.11 Å². The summed E-state index contributed by atoms with van der Waals surface area (Å²) in [5.41, 5.74) is 0.940. The molecule has 0 amide bonds. The van der Waals surface area contributed by atoms with E-state index < -0.39 is 11.8 Å². The fraction of sp³-hybridized carbons (Fsp3) is 0.0714. The predicted molar refractivity (Wildman–Crippen MR) is 67.1 cm³/mol. The van der Waals surface area contributed by atoms with Gasteiger partial charge < -0.3 is 10.4 Å². The SMILES string of the molecule is O=C(O)c1cc(NCc2ccc(F)cc2)ccc1F. The van der Waals surface area contributed by atoms with Crippen molar-refractivity contribution >= 4 is 11.7 Å². The van der Waals surface area contributed by atoms with Crippen LogP contribution < -0.4 is 5.32 Å². The summed E-state index contributed by atoms with van der Waals surface area (Å²) in [6.07, 6.45) is 0. The molecule has 2 aromatic rings. The Morgan fingerprint density at radius 3 is 2.42 bits per heavy atom. The van der Waals surface area contributed by atoms with E-state index in [1.54, 1.807) is 12.1 Å². The highest BCUT2D eigenvalue weighted by Crippen LogP contribution is 2.16. The lowest BCUT2D eigenvalue weighted by Gasteiger charge is -2.08. The first-order valence-corrected chi connectivity index (χ1v) is 5.57. The van der Waals surface area contributed by atoms with Crippen LogP contribution in [0.4, 0.5) is 14.5 Å². The van der Waals surface area contributed by atoms with Crippen molar-refractivity contribution in [2.45, 2.75) is 6.54 Å². The van der Waals surface area contributed by atoms with E-state index in [1.165, 1.54) is 24.3 Å². The van der Waals surface area contributed by atoms with Gasteiger partial charge in [-0.1, -0.05) is 12.1 Å². The Morgan fingerprint density at radius 2 is 1.79 bits per heavy atom. The molecule has 0 aliphatic rings. The smallest absolute Gasteiger partial charge is 0.338 e. The summed E-state index contributed by atoms with van der Waals surface area (Å²) >= 11 is 0. The molecule has 2 rings (SSSR count). The number of aromatic carboxylic acids is 1. The summed E-state index contributed by atoms with van der Waals surface area (Å²) < 4.78 is 25.9. The van der Waals surface area contributed by atoms with E-state index in [0.29, 0.717) is 12.2 Å². The molecule has 0 spiro atoms. The van der Waals surface area contributed by atoms with E-state index in [-0.39, 0.29) is 11.4 Å². The van der Waals surface area contributed by atoms with Gasteiger partial charge in [0, 0.05) is 12.2 Å². The van der Waals surface area contributed by atoms with E-state index in [0.717, 1.165) is 11.6 Å². The van der Waals surface area contributed by atoms with Crippen molar-refractivity contribution in [3.8, 4) is 0 Å². The third-order valence-electron chi connectivity index (χ3n) is 2.61. The monoisotopic (exact) mass is 263 g/mol. The quantitative estimate of drug-likeness (QED) is 0.890. The van der Waals surface area contributed by atoms with Crippen molar-refractivity contribution in [2.75, 3.05) is 5.32 Å². The molecule has 3 nitrogen and oxygen atoms in total. The maximum atomic E-state index is 13.2. The second kappa shape index (κ2) is 5.48. The van der Waals surface area contributed by atoms with Crippen molar-refractivity contribution in [3.05, 3.63) is 65.2 Å². The lowest BCUT2D eigenvalue weighted by Crippen LogP contribution is -2.04. The number of carbonyl (C=O) groups is 1. The molecule has 0 saturated carbocycles. The zero-order chi connectivity index (χ0) is 13.8. The van der Waals surface area contributed by atoms with Crippen LogP contribution in [0.3, 0.4) is 0 Å². The van der Waals surface area contributed by atoms with Gasteiger partial charge in [0.25, 0.3) is 0 Å². The van der Waals surface area contributed by atoms with Crippen molar-refractivity contribution in [1.82, 2.24) is 0 Å². The largest absolute Gasteiger partial charge is 0.478 e. The van der Waals surface area contributed by atoms with E-state index >= 15 is 0 Å². The van der Waals surface area contributed by atoms with Crippen molar-refractivity contribution in [2.24, 2.45) is 0 Å². The number of carboxylic acids is 1. The Hall–Kier alpha value is -2.43. The van der Waals surface area contributed by atoms with Crippen LogP contribution in [0.2, 0.25) is 0 Å². The van der Waals surface area contributed by atoms with Gasteiger partial charge in [-0.3, -0.25) is 0 Å². The lowest BCUT2D eigenvalue weighted by molar-refractivity contribution is 0.0692. The van der Waals surface area contributed by atoms with Gasteiger partial charge in [-0.2, -0.15) is 0 Å². The van der Waals surface area contributed by atoms with E-state index in [9.17, 15) is 13.6 Å². The molecule has 0 fully saturated rings. The summed E-state index contributed by atoms with van der Waals surface area (Å²) in [5.74, 6) is -2.42. The third-order valence-corrected chi connectivity index (χ3v) is 2.61.